The molecule has 2 aromatic carbocycles. The number of rotatable bonds is 9. The van der Waals surface area contributed by atoms with Crippen LogP contribution in [0, 0.1) is 11.7 Å². The lowest BCUT2D eigenvalue weighted by Crippen LogP contribution is -2.41. The fraction of sp³-hybridized carbons (Fsp3) is 0.480. The average molecular weight is 520 g/mol. The molecule has 1 aliphatic carbocycles. The van der Waals surface area contributed by atoms with Crippen LogP contribution in [-0.2, 0) is 28.5 Å². The molecule has 0 spiro atoms. The summed E-state index contributed by atoms with van der Waals surface area (Å²) in [7, 11) is 0. The van der Waals surface area contributed by atoms with Crippen LogP contribution in [0.4, 0.5) is 30.7 Å². The fourth-order valence-electron chi connectivity index (χ4n) is 4.94. The molecular weight excluding hydrogens is 493 g/mol. The molecule has 0 radical (unpaired) electrons. The lowest BCUT2D eigenvalue weighted by molar-refractivity contribution is -0.143. The fourth-order valence-corrected chi connectivity index (χ4v) is 4.94. The molecule has 1 aliphatic rings. The molecule has 4 nitrogen and oxygen atoms in total. The maximum atomic E-state index is 13.6. The maximum absolute atomic E-state index is 13.6. The summed E-state index contributed by atoms with van der Waals surface area (Å²) in [5.74, 6) is -1.05. The Labute approximate surface area is 204 Å². The van der Waals surface area contributed by atoms with Gasteiger partial charge in [-0.2, -0.15) is 26.3 Å². The molecule has 0 heterocycles. The van der Waals surface area contributed by atoms with E-state index in [-0.39, 0.29) is 29.6 Å². The molecule has 11 heteroatoms. The van der Waals surface area contributed by atoms with Crippen LogP contribution in [0.3, 0.4) is 0 Å². The molecule has 0 aromatic heterocycles. The number of nitrogens with two attached hydrogens (primary N) is 1. The molecule has 0 aliphatic heterocycles. The monoisotopic (exact) mass is 520 g/mol. The number of halogens is 7. The lowest BCUT2D eigenvalue weighted by atomic mass is 9.81. The smallest absolute Gasteiger partial charge is 0.373 e. The SMILES string of the molecule is C[C@H](N)C[C@H](NC=O)[C@@H]1CC[C@H](OCc2cc(C(F)(F)F)cc(C(F)(F)F)c2)[C@H]1c1ccc(F)cc1. The Kier molecular flexibility index (Phi) is 8.66. The third-order valence-electron chi connectivity index (χ3n) is 6.44. The molecule has 0 bridgehead atoms. The number of ether oxygens (including phenoxy) is 1. The summed E-state index contributed by atoms with van der Waals surface area (Å²) in [6.45, 7) is 1.29. The number of alkyl halides is 6. The number of amides is 1. The molecular formula is C25H27F7N2O2. The summed E-state index contributed by atoms with van der Waals surface area (Å²) in [4.78, 5) is 11.2. The summed E-state index contributed by atoms with van der Waals surface area (Å²) >= 11 is 0. The molecule has 3 N–H and O–H groups in total. The van der Waals surface area contributed by atoms with Gasteiger partial charge in [0, 0.05) is 18.0 Å². The van der Waals surface area contributed by atoms with Crippen molar-refractivity contribution < 1.29 is 40.3 Å². The topological polar surface area (TPSA) is 64.3 Å². The van der Waals surface area contributed by atoms with Crippen molar-refractivity contribution in [1.82, 2.24) is 5.32 Å². The summed E-state index contributed by atoms with van der Waals surface area (Å²) in [5.41, 5.74) is 3.53. The van der Waals surface area contributed by atoms with Crippen LogP contribution in [0.1, 0.15) is 54.4 Å². The Bertz CT molecular complexity index is 990. The van der Waals surface area contributed by atoms with E-state index in [1.807, 2.05) is 0 Å². The van der Waals surface area contributed by atoms with Gasteiger partial charge in [-0.25, -0.2) is 4.39 Å². The molecule has 1 saturated carbocycles. The van der Waals surface area contributed by atoms with Crippen LogP contribution in [0.2, 0.25) is 0 Å². The third kappa shape index (κ3) is 6.97. The van der Waals surface area contributed by atoms with Gasteiger partial charge in [-0.15, -0.1) is 0 Å². The van der Waals surface area contributed by atoms with Gasteiger partial charge in [0.2, 0.25) is 6.41 Å². The Hall–Kier alpha value is -2.66. The second kappa shape index (κ2) is 11.2. The van der Waals surface area contributed by atoms with Gasteiger partial charge < -0.3 is 15.8 Å². The van der Waals surface area contributed by atoms with E-state index < -0.39 is 47.9 Å². The van der Waals surface area contributed by atoms with Crippen LogP contribution >= 0.6 is 0 Å². The van der Waals surface area contributed by atoms with Gasteiger partial charge in [-0.3, -0.25) is 4.79 Å². The van der Waals surface area contributed by atoms with Crippen molar-refractivity contribution in [3.63, 3.8) is 0 Å². The lowest BCUT2D eigenvalue weighted by Gasteiger charge is -2.32. The predicted molar refractivity (Wildman–Crippen MR) is 118 cm³/mol. The van der Waals surface area contributed by atoms with E-state index in [2.05, 4.69) is 5.32 Å². The third-order valence-corrected chi connectivity index (χ3v) is 6.44. The zero-order valence-electron chi connectivity index (χ0n) is 19.4. The summed E-state index contributed by atoms with van der Waals surface area (Å²) < 4.78 is 98.8. The first-order valence-corrected chi connectivity index (χ1v) is 11.4. The number of hydrogen-bond donors (Lipinski definition) is 2. The van der Waals surface area contributed by atoms with Crippen LogP contribution in [0.5, 0.6) is 0 Å². The molecule has 3 rings (SSSR count). The Morgan fingerprint density at radius 2 is 1.61 bits per heavy atom. The summed E-state index contributed by atoms with van der Waals surface area (Å²) in [5, 5.41) is 2.77. The van der Waals surface area contributed by atoms with Gasteiger partial charge in [0.25, 0.3) is 0 Å². The number of carbonyl (C=O) groups is 1. The first-order valence-electron chi connectivity index (χ1n) is 11.4. The highest BCUT2D eigenvalue weighted by Crippen LogP contribution is 2.45. The predicted octanol–water partition coefficient (Wildman–Crippen LogP) is 5.79. The van der Waals surface area contributed by atoms with E-state index in [9.17, 15) is 35.5 Å². The minimum atomic E-state index is -4.96. The van der Waals surface area contributed by atoms with E-state index in [1.54, 1.807) is 19.1 Å². The van der Waals surface area contributed by atoms with Crippen molar-refractivity contribution in [1.29, 1.82) is 0 Å². The highest BCUT2D eigenvalue weighted by atomic mass is 19.4. The van der Waals surface area contributed by atoms with Crippen molar-refractivity contribution in [2.75, 3.05) is 0 Å². The number of nitrogens with one attached hydrogen (secondary N) is 1. The van der Waals surface area contributed by atoms with Gasteiger partial charge >= 0.3 is 12.4 Å². The van der Waals surface area contributed by atoms with E-state index in [0.717, 1.165) is 0 Å². The van der Waals surface area contributed by atoms with Crippen LogP contribution < -0.4 is 11.1 Å². The van der Waals surface area contributed by atoms with Gasteiger partial charge in [-0.05, 0) is 73.6 Å². The molecule has 2 aromatic rings. The standard InChI is InChI=1S/C25H27F7N2O2/c1-14(33)8-21(34-13-35)20-6-7-22(23(20)16-2-4-19(26)5-3-16)36-12-15-9-17(24(27,28)29)11-18(10-15)25(30,31)32/h2-5,9-11,13-14,20-23H,6-8,12,33H2,1H3,(H,34,35)/t14-,20-,21-,22-,23-/m0/s1. The average Bonchev–Trinajstić information content (AvgIpc) is 3.20. The minimum Gasteiger partial charge on any atom is -0.373 e. The molecule has 1 fully saturated rings. The van der Waals surface area contributed by atoms with E-state index >= 15 is 0 Å². The summed E-state index contributed by atoms with van der Waals surface area (Å²) in [6, 6.07) is 6.40. The zero-order valence-corrected chi connectivity index (χ0v) is 19.4. The molecule has 5 atom stereocenters. The summed E-state index contributed by atoms with van der Waals surface area (Å²) in [6.07, 6.45) is -8.51. The largest absolute Gasteiger partial charge is 0.416 e. The Balaban J connectivity index is 1.90. The van der Waals surface area contributed by atoms with Gasteiger partial charge in [0.15, 0.2) is 0 Å². The number of carbonyl (C=O) groups excluding carboxylic acids is 1. The molecule has 0 saturated heterocycles. The minimum absolute atomic E-state index is 0.0695. The highest BCUT2D eigenvalue weighted by molar-refractivity contribution is 5.47. The van der Waals surface area contributed by atoms with Gasteiger partial charge in [-0.1, -0.05) is 12.1 Å². The normalized spacial score (nSPS) is 22.3. The Morgan fingerprint density at radius 1 is 1.03 bits per heavy atom. The molecule has 1 amide bonds. The second-order valence-corrected chi connectivity index (χ2v) is 9.19. The van der Waals surface area contributed by atoms with Crippen molar-refractivity contribution in [2.24, 2.45) is 11.7 Å². The number of benzene rings is 2. The van der Waals surface area contributed by atoms with Crippen molar-refractivity contribution in [2.45, 2.75) is 69.3 Å². The van der Waals surface area contributed by atoms with Crippen molar-refractivity contribution >= 4 is 6.41 Å². The van der Waals surface area contributed by atoms with Gasteiger partial charge in [0.05, 0.1) is 23.8 Å². The highest BCUT2D eigenvalue weighted by Gasteiger charge is 2.42. The van der Waals surface area contributed by atoms with Gasteiger partial charge in [0.1, 0.15) is 5.82 Å². The van der Waals surface area contributed by atoms with Crippen molar-refractivity contribution in [3.05, 3.63) is 70.5 Å². The number of hydrogen-bond acceptors (Lipinski definition) is 3. The van der Waals surface area contributed by atoms with Crippen molar-refractivity contribution in [3.8, 4) is 0 Å². The maximum Gasteiger partial charge on any atom is 0.416 e. The quantitative estimate of drug-likeness (QED) is 0.325. The second-order valence-electron chi connectivity index (χ2n) is 9.19. The molecule has 0 unspecified atom stereocenters. The van der Waals surface area contributed by atoms with Crippen LogP contribution in [0.25, 0.3) is 0 Å². The van der Waals surface area contributed by atoms with E-state index in [0.29, 0.717) is 43.4 Å². The van der Waals surface area contributed by atoms with E-state index in [1.165, 1.54) is 12.1 Å². The zero-order chi connectivity index (χ0) is 26.7. The first-order chi connectivity index (χ1) is 16.8. The van der Waals surface area contributed by atoms with Crippen LogP contribution in [0.15, 0.2) is 42.5 Å². The first kappa shape index (κ1) is 27.9. The van der Waals surface area contributed by atoms with E-state index in [4.69, 9.17) is 10.5 Å². The van der Waals surface area contributed by atoms with Crippen LogP contribution in [-0.4, -0.2) is 24.6 Å². The Morgan fingerprint density at radius 3 is 2.11 bits per heavy atom. The molecule has 198 valence electrons. The molecule has 36 heavy (non-hydrogen) atoms.